The third kappa shape index (κ3) is 4.21. The summed E-state index contributed by atoms with van der Waals surface area (Å²) in [4.78, 5) is 42.5. The molecule has 136 valence electrons. The van der Waals surface area contributed by atoms with Gasteiger partial charge in [0.2, 0.25) is 0 Å². The van der Waals surface area contributed by atoms with E-state index in [2.05, 4.69) is 15.3 Å². The molecule has 0 fully saturated rings. The number of esters is 1. The van der Waals surface area contributed by atoms with Crippen molar-refractivity contribution in [2.75, 3.05) is 11.9 Å². The Morgan fingerprint density at radius 2 is 1.85 bits per heavy atom. The molecule has 3 aromatic rings. The zero-order valence-electron chi connectivity index (χ0n) is 14.2. The van der Waals surface area contributed by atoms with Crippen molar-refractivity contribution in [1.82, 2.24) is 9.97 Å². The minimum absolute atomic E-state index is 0.0728. The lowest BCUT2D eigenvalue weighted by atomic mass is 10.2. The van der Waals surface area contributed by atoms with Gasteiger partial charge in [-0.3, -0.25) is 24.9 Å². The van der Waals surface area contributed by atoms with Crippen molar-refractivity contribution in [1.29, 1.82) is 0 Å². The summed E-state index contributed by atoms with van der Waals surface area (Å²) in [5.41, 5.74) is 2.29. The lowest BCUT2D eigenvalue weighted by Crippen LogP contribution is -2.21. The van der Waals surface area contributed by atoms with Crippen LogP contribution >= 0.6 is 0 Å². The van der Waals surface area contributed by atoms with Crippen LogP contribution in [0.25, 0.3) is 11.0 Å². The van der Waals surface area contributed by atoms with E-state index in [1.165, 1.54) is 36.5 Å². The van der Waals surface area contributed by atoms with Gasteiger partial charge in [0, 0.05) is 30.2 Å². The molecule has 1 N–H and O–H groups in total. The molecule has 0 spiro atoms. The Bertz CT molecular complexity index is 1050. The quantitative estimate of drug-likeness (QED) is 0.418. The van der Waals surface area contributed by atoms with Gasteiger partial charge in [-0.05, 0) is 36.8 Å². The van der Waals surface area contributed by atoms with Gasteiger partial charge < -0.3 is 10.1 Å². The summed E-state index contributed by atoms with van der Waals surface area (Å²) in [6.07, 6.45) is 3.06. The van der Waals surface area contributed by atoms with Crippen LogP contribution < -0.4 is 5.32 Å². The number of non-ortho nitro benzene ring substituents is 1. The first kappa shape index (κ1) is 17.9. The smallest absolute Gasteiger partial charge is 0.338 e. The van der Waals surface area contributed by atoms with Gasteiger partial charge in [-0.15, -0.1) is 0 Å². The standard InChI is InChI=1S/C18H14N4O5/c1-11-8-13(22(25)26)3-5-14(11)21-17(23)10-27-18(24)12-2-4-15-16(9-12)20-7-6-19-15/h2-9H,10H2,1H3,(H,21,23). The van der Waals surface area contributed by atoms with Crippen LogP contribution in [0.3, 0.4) is 0 Å². The first-order valence-corrected chi connectivity index (χ1v) is 7.87. The number of nitrogens with one attached hydrogen (secondary N) is 1. The number of nitrogens with zero attached hydrogens (tertiary/aromatic N) is 3. The first-order valence-electron chi connectivity index (χ1n) is 7.87. The maximum Gasteiger partial charge on any atom is 0.338 e. The fourth-order valence-electron chi connectivity index (χ4n) is 2.39. The molecule has 0 atom stereocenters. The molecule has 0 saturated carbocycles. The summed E-state index contributed by atoms with van der Waals surface area (Å²) in [7, 11) is 0. The van der Waals surface area contributed by atoms with Crippen molar-refractivity contribution in [2.45, 2.75) is 6.92 Å². The topological polar surface area (TPSA) is 124 Å². The highest BCUT2D eigenvalue weighted by atomic mass is 16.6. The van der Waals surface area contributed by atoms with E-state index < -0.39 is 23.4 Å². The van der Waals surface area contributed by atoms with Crippen molar-refractivity contribution in [3.8, 4) is 0 Å². The summed E-state index contributed by atoms with van der Waals surface area (Å²) in [5, 5.41) is 13.3. The van der Waals surface area contributed by atoms with Gasteiger partial charge in [0.15, 0.2) is 6.61 Å². The van der Waals surface area contributed by atoms with E-state index in [9.17, 15) is 19.7 Å². The highest BCUT2D eigenvalue weighted by Gasteiger charge is 2.13. The molecular weight excluding hydrogens is 352 g/mol. The van der Waals surface area contributed by atoms with Gasteiger partial charge in [0.05, 0.1) is 21.5 Å². The highest BCUT2D eigenvalue weighted by Crippen LogP contribution is 2.21. The summed E-state index contributed by atoms with van der Waals surface area (Å²) >= 11 is 0. The summed E-state index contributed by atoms with van der Waals surface area (Å²) < 4.78 is 5.01. The number of anilines is 1. The van der Waals surface area contributed by atoms with E-state index >= 15 is 0 Å². The van der Waals surface area contributed by atoms with Crippen LogP contribution in [0.2, 0.25) is 0 Å². The predicted octanol–water partition coefficient (Wildman–Crippen LogP) is 2.64. The number of carbonyl (C=O) groups excluding carboxylic acids is 2. The van der Waals surface area contributed by atoms with Crippen molar-refractivity contribution in [3.63, 3.8) is 0 Å². The average molecular weight is 366 g/mol. The summed E-state index contributed by atoms with van der Waals surface area (Å²) in [6.45, 7) is 1.14. The molecule has 0 saturated heterocycles. The predicted molar refractivity (Wildman–Crippen MR) is 96.3 cm³/mol. The molecule has 0 unspecified atom stereocenters. The van der Waals surface area contributed by atoms with Crippen molar-refractivity contribution in [3.05, 3.63) is 70.0 Å². The van der Waals surface area contributed by atoms with Gasteiger partial charge in [0.1, 0.15) is 0 Å². The maximum atomic E-state index is 12.1. The van der Waals surface area contributed by atoms with Crippen molar-refractivity contribution in [2.24, 2.45) is 0 Å². The largest absolute Gasteiger partial charge is 0.452 e. The monoisotopic (exact) mass is 366 g/mol. The summed E-state index contributed by atoms with van der Waals surface area (Å²) in [5.74, 6) is -1.22. The van der Waals surface area contributed by atoms with E-state index in [1.807, 2.05) is 0 Å². The number of benzene rings is 2. The molecule has 1 amide bonds. The number of carbonyl (C=O) groups is 2. The van der Waals surface area contributed by atoms with Crippen molar-refractivity contribution >= 4 is 34.3 Å². The number of hydrogen-bond donors (Lipinski definition) is 1. The van der Waals surface area contributed by atoms with Crippen LogP contribution in [0.5, 0.6) is 0 Å². The Balaban J connectivity index is 1.61. The first-order chi connectivity index (χ1) is 12.9. The zero-order valence-corrected chi connectivity index (χ0v) is 14.2. The molecule has 3 rings (SSSR count). The molecule has 9 heteroatoms. The van der Waals surface area contributed by atoms with E-state index in [4.69, 9.17) is 4.74 Å². The van der Waals surface area contributed by atoms with E-state index in [0.29, 0.717) is 22.3 Å². The van der Waals surface area contributed by atoms with Gasteiger partial charge in [-0.2, -0.15) is 0 Å². The number of aromatic nitrogens is 2. The molecule has 9 nitrogen and oxygen atoms in total. The number of nitro groups is 1. The molecule has 0 bridgehead atoms. The molecule has 0 radical (unpaired) electrons. The molecule has 0 aliphatic rings. The SMILES string of the molecule is Cc1cc([N+](=O)[O-])ccc1NC(=O)COC(=O)c1ccc2nccnc2c1. The molecule has 1 heterocycles. The van der Waals surface area contributed by atoms with Crippen LogP contribution in [0.4, 0.5) is 11.4 Å². The zero-order chi connectivity index (χ0) is 19.4. The van der Waals surface area contributed by atoms with Crippen LogP contribution in [-0.2, 0) is 9.53 Å². The number of hydrogen-bond acceptors (Lipinski definition) is 7. The Kier molecular flexibility index (Phi) is 5.02. The fourth-order valence-corrected chi connectivity index (χ4v) is 2.39. The molecule has 0 aliphatic carbocycles. The number of ether oxygens (including phenoxy) is 1. The minimum atomic E-state index is -0.668. The fraction of sp³-hybridized carbons (Fsp3) is 0.111. The lowest BCUT2D eigenvalue weighted by molar-refractivity contribution is -0.384. The Morgan fingerprint density at radius 1 is 1.11 bits per heavy atom. The maximum absolute atomic E-state index is 12.1. The van der Waals surface area contributed by atoms with Crippen LogP contribution in [0.15, 0.2) is 48.8 Å². The van der Waals surface area contributed by atoms with Crippen LogP contribution in [-0.4, -0.2) is 33.4 Å². The minimum Gasteiger partial charge on any atom is -0.452 e. The normalized spacial score (nSPS) is 10.4. The molecule has 0 aliphatic heterocycles. The second-order valence-electron chi connectivity index (χ2n) is 5.64. The lowest BCUT2D eigenvalue weighted by Gasteiger charge is -2.09. The van der Waals surface area contributed by atoms with Gasteiger partial charge in [0.25, 0.3) is 11.6 Å². The molecule has 1 aromatic heterocycles. The number of amides is 1. The summed E-state index contributed by atoms with van der Waals surface area (Å²) in [6, 6.07) is 8.76. The Labute approximate surface area is 153 Å². The average Bonchev–Trinajstić information content (AvgIpc) is 2.67. The third-order valence-corrected chi connectivity index (χ3v) is 3.73. The second kappa shape index (κ2) is 7.56. The van der Waals surface area contributed by atoms with E-state index in [-0.39, 0.29) is 11.3 Å². The number of rotatable bonds is 5. The highest BCUT2D eigenvalue weighted by molar-refractivity contribution is 5.97. The number of nitro benzene ring substituents is 1. The molecule has 2 aromatic carbocycles. The number of fused-ring (bicyclic) bond motifs is 1. The second-order valence-corrected chi connectivity index (χ2v) is 5.64. The van der Waals surface area contributed by atoms with E-state index in [1.54, 1.807) is 19.2 Å². The van der Waals surface area contributed by atoms with Gasteiger partial charge in [-0.1, -0.05) is 0 Å². The molecule has 27 heavy (non-hydrogen) atoms. The molecular formula is C18H14N4O5. The van der Waals surface area contributed by atoms with Gasteiger partial charge >= 0.3 is 5.97 Å². The van der Waals surface area contributed by atoms with Gasteiger partial charge in [-0.25, -0.2) is 4.79 Å². The van der Waals surface area contributed by atoms with Crippen LogP contribution in [0, 0.1) is 17.0 Å². The van der Waals surface area contributed by atoms with Crippen molar-refractivity contribution < 1.29 is 19.2 Å². The Morgan fingerprint density at radius 3 is 2.56 bits per heavy atom. The van der Waals surface area contributed by atoms with E-state index in [0.717, 1.165) is 0 Å². The third-order valence-electron chi connectivity index (χ3n) is 3.73. The number of aryl methyl sites for hydroxylation is 1. The Hall–Kier alpha value is -3.88. The van der Waals surface area contributed by atoms with Crippen LogP contribution in [0.1, 0.15) is 15.9 Å².